The average Bonchev–Trinajstić information content (AvgIpc) is 2.08. The molecule has 1 aliphatic carbocycles. The SMILES string of the molecule is O=C(O)C1C=C(F)C(F)=C(F)C1(O)F. The van der Waals surface area contributed by atoms with Gasteiger partial charge in [0.05, 0.1) is 0 Å². The van der Waals surface area contributed by atoms with E-state index in [-0.39, 0.29) is 6.08 Å². The number of aliphatic hydroxyl groups is 1. The van der Waals surface area contributed by atoms with E-state index in [0.717, 1.165) is 0 Å². The Hall–Kier alpha value is -1.37. The number of aliphatic carboxylic acids is 1. The van der Waals surface area contributed by atoms with E-state index in [1.54, 1.807) is 0 Å². The number of rotatable bonds is 1. The average molecular weight is 212 g/mol. The highest BCUT2D eigenvalue weighted by Gasteiger charge is 2.51. The molecule has 0 spiro atoms. The molecule has 0 bridgehead atoms. The molecule has 1 rings (SSSR count). The summed E-state index contributed by atoms with van der Waals surface area (Å²) in [6, 6.07) is 0. The Kier molecular flexibility index (Phi) is 2.36. The smallest absolute Gasteiger partial charge is 0.316 e. The minimum absolute atomic E-state index is 0.0409. The van der Waals surface area contributed by atoms with E-state index in [4.69, 9.17) is 10.2 Å². The lowest BCUT2D eigenvalue weighted by Gasteiger charge is -2.25. The molecule has 0 aliphatic heterocycles. The largest absolute Gasteiger partial charge is 0.481 e. The molecule has 0 aromatic carbocycles. The molecule has 2 unspecified atom stereocenters. The van der Waals surface area contributed by atoms with Gasteiger partial charge in [0.15, 0.2) is 11.7 Å². The van der Waals surface area contributed by atoms with E-state index < -0.39 is 35.2 Å². The third-order valence-electron chi connectivity index (χ3n) is 1.70. The summed E-state index contributed by atoms with van der Waals surface area (Å²) in [5.41, 5.74) is 0. The lowest BCUT2D eigenvalue weighted by Crippen LogP contribution is -2.40. The number of carboxylic acid groups (broad SMARTS) is 1. The monoisotopic (exact) mass is 212 g/mol. The Morgan fingerprint density at radius 2 is 1.93 bits per heavy atom. The zero-order chi connectivity index (χ0) is 11.1. The van der Waals surface area contributed by atoms with Crippen molar-refractivity contribution in [1.29, 1.82) is 0 Å². The van der Waals surface area contributed by atoms with Crippen molar-refractivity contribution in [2.24, 2.45) is 5.92 Å². The Labute approximate surface area is 75.0 Å². The lowest BCUT2D eigenvalue weighted by molar-refractivity contribution is -0.162. The lowest BCUT2D eigenvalue weighted by atomic mass is 9.93. The quantitative estimate of drug-likeness (QED) is 0.645. The van der Waals surface area contributed by atoms with Gasteiger partial charge in [0.25, 0.3) is 5.85 Å². The summed E-state index contributed by atoms with van der Waals surface area (Å²) in [5.74, 6) is -15.1. The number of carbonyl (C=O) groups is 1. The first-order valence-corrected chi connectivity index (χ1v) is 3.36. The number of halogens is 4. The van der Waals surface area contributed by atoms with Crippen molar-refractivity contribution in [3.63, 3.8) is 0 Å². The molecule has 7 heteroatoms. The number of hydrogen-bond donors (Lipinski definition) is 2. The van der Waals surface area contributed by atoms with Crippen LogP contribution >= 0.6 is 0 Å². The van der Waals surface area contributed by atoms with Gasteiger partial charge in [-0.1, -0.05) is 0 Å². The Bertz CT molecular complexity index is 345. The molecular formula is C7H4F4O3. The van der Waals surface area contributed by atoms with Gasteiger partial charge in [0.1, 0.15) is 5.92 Å². The predicted molar refractivity (Wildman–Crippen MR) is 35.6 cm³/mol. The molecule has 0 saturated heterocycles. The molecule has 3 nitrogen and oxygen atoms in total. The summed E-state index contributed by atoms with van der Waals surface area (Å²) in [5, 5.41) is 16.9. The van der Waals surface area contributed by atoms with Crippen molar-refractivity contribution < 1.29 is 32.6 Å². The van der Waals surface area contributed by atoms with Crippen molar-refractivity contribution in [1.82, 2.24) is 0 Å². The number of carboxylic acids is 1. The first-order valence-electron chi connectivity index (χ1n) is 3.36. The minimum atomic E-state index is -4.05. The number of allylic oxidation sites excluding steroid dienone is 2. The minimum Gasteiger partial charge on any atom is -0.481 e. The summed E-state index contributed by atoms with van der Waals surface area (Å²) in [4.78, 5) is 10.2. The van der Waals surface area contributed by atoms with Gasteiger partial charge in [-0.15, -0.1) is 0 Å². The topological polar surface area (TPSA) is 57.5 Å². The van der Waals surface area contributed by atoms with Crippen LogP contribution in [-0.4, -0.2) is 22.0 Å². The van der Waals surface area contributed by atoms with E-state index in [1.165, 1.54) is 0 Å². The highest BCUT2D eigenvalue weighted by Crippen LogP contribution is 2.40. The van der Waals surface area contributed by atoms with Crippen LogP contribution < -0.4 is 0 Å². The van der Waals surface area contributed by atoms with Crippen LogP contribution in [0.1, 0.15) is 0 Å². The first-order chi connectivity index (χ1) is 6.28. The van der Waals surface area contributed by atoms with Gasteiger partial charge in [0.2, 0.25) is 5.83 Å². The summed E-state index contributed by atoms with van der Waals surface area (Å²) in [6.07, 6.45) is -0.0409. The molecule has 78 valence electrons. The highest BCUT2D eigenvalue weighted by atomic mass is 19.2. The molecule has 1 aliphatic rings. The molecule has 2 N–H and O–H groups in total. The Balaban J connectivity index is 3.25. The molecule has 0 aromatic heterocycles. The zero-order valence-electron chi connectivity index (χ0n) is 6.47. The van der Waals surface area contributed by atoms with E-state index in [1.807, 2.05) is 0 Å². The first kappa shape index (κ1) is 10.7. The van der Waals surface area contributed by atoms with E-state index in [2.05, 4.69) is 0 Å². The maximum Gasteiger partial charge on any atom is 0.316 e. The van der Waals surface area contributed by atoms with E-state index in [0.29, 0.717) is 0 Å². The summed E-state index contributed by atoms with van der Waals surface area (Å²) in [7, 11) is 0. The summed E-state index contributed by atoms with van der Waals surface area (Å²) < 4.78 is 50.2. The summed E-state index contributed by atoms with van der Waals surface area (Å²) in [6.45, 7) is 0. The van der Waals surface area contributed by atoms with Crippen LogP contribution in [0.3, 0.4) is 0 Å². The predicted octanol–water partition coefficient (Wildman–Crippen LogP) is 1.36. The van der Waals surface area contributed by atoms with E-state index >= 15 is 0 Å². The van der Waals surface area contributed by atoms with Gasteiger partial charge >= 0.3 is 5.97 Å². The van der Waals surface area contributed by atoms with Crippen molar-refractivity contribution in [3.05, 3.63) is 23.6 Å². The van der Waals surface area contributed by atoms with Gasteiger partial charge in [-0.05, 0) is 6.08 Å². The van der Waals surface area contributed by atoms with Crippen LogP contribution in [0, 0.1) is 5.92 Å². The van der Waals surface area contributed by atoms with Crippen molar-refractivity contribution >= 4 is 5.97 Å². The van der Waals surface area contributed by atoms with Crippen molar-refractivity contribution in [2.45, 2.75) is 5.85 Å². The standard InChI is InChI=1S/C7H4F4O3/c8-3-1-2(6(12)13)7(11,14)5(10)4(3)9/h1-2,14H,(H,12,13). The third-order valence-corrected chi connectivity index (χ3v) is 1.70. The zero-order valence-corrected chi connectivity index (χ0v) is 6.47. The van der Waals surface area contributed by atoms with Gasteiger partial charge < -0.3 is 10.2 Å². The van der Waals surface area contributed by atoms with Gasteiger partial charge in [0, 0.05) is 0 Å². The molecule has 0 saturated carbocycles. The second-order valence-electron chi connectivity index (χ2n) is 2.63. The fourth-order valence-electron chi connectivity index (χ4n) is 0.960. The molecule has 0 fully saturated rings. The van der Waals surface area contributed by atoms with Crippen LogP contribution in [0.4, 0.5) is 17.6 Å². The van der Waals surface area contributed by atoms with Crippen LogP contribution in [-0.2, 0) is 4.79 Å². The second-order valence-corrected chi connectivity index (χ2v) is 2.63. The van der Waals surface area contributed by atoms with Crippen LogP contribution in [0.25, 0.3) is 0 Å². The molecule has 0 radical (unpaired) electrons. The molecular weight excluding hydrogens is 208 g/mol. The van der Waals surface area contributed by atoms with Gasteiger partial charge in [-0.3, -0.25) is 4.79 Å². The summed E-state index contributed by atoms with van der Waals surface area (Å²) >= 11 is 0. The molecule has 0 heterocycles. The molecule has 14 heavy (non-hydrogen) atoms. The van der Waals surface area contributed by atoms with Crippen LogP contribution in [0.15, 0.2) is 23.6 Å². The van der Waals surface area contributed by atoms with Crippen LogP contribution in [0.2, 0.25) is 0 Å². The fourth-order valence-corrected chi connectivity index (χ4v) is 0.960. The van der Waals surface area contributed by atoms with E-state index in [9.17, 15) is 22.4 Å². The van der Waals surface area contributed by atoms with Crippen molar-refractivity contribution in [2.75, 3.05) is 0 Å². The molecule has 0 amide bonds. The normalized spacial score (nSPS) is 32.9. The van der Waals surface area contributed by atoms with Gasteiger partial charge in [-0.2, -0.15) is 0 Å². The maximum atomic E-state index is 12.9. The molecule has 0 aromatic rings. The van der Waals surface area contributed by atoms with Gasteiger partial charge in [-0.25, -0.2) is 17.6 Å². The fraction of sp³-hybridized carbons (Fsp3) is 0.286. The maximum absolute atomic E-state index is 12.9. The second kappa shape index (κ2) is 3.09. The third kappa shape index (κ3) is 1.39. The number of alkyl halides is 1. The molecule has 2 atom stereocenters. The Morgan fingerprint density at radius 1 is 1.43 bits per heavy atom. The highest BCUT2D eigenvalue weighted by molar-refractivity contribution is 5.75. The van der Waals surface area contributed by atoms with Crippen molar-refractivity contribution in [3.8, 4) is 0 Å². The van der Waals surface area contributed by atoms with Crippen LogP contribution in [0.5, 0.6) is 0 Å². The Morgan fingerprint density at radius 3 is 2.36 bits per heavy atom. The number of hydrogen-bond acceptors (Lipinski definition) is 2.